The van der Waals surface area contributed by atoms with Gasteiger partial charge in [0.25, 0.3) is 5.91 Å². The highest BCUT2D eigenvalue weighted by molar-refractivity contribution is 6.36. The van der Waals surface area contributed by atoms with Crippen molar-refractivity contribution in [2.45, 2.75) is 26.8 Å². The third-order valence-corrected chi connectivity index (χ3v) is 4.50. The Morgan fingerprint density at radius 3 is 2.69 bits per heavy atom. The average Bonchev–Trinajstić information content (AvgIpc) is 2.59. The van der Waals surface area contributed by atoms with E-state index in [2.05, 4.69) is 10.3 Å². The molecule has 1 aromatic carbocycles. The largest absolute Gasteiger partial charge is 0.331 e. The molecule has 3 aromatic rings. The lowest BCUT2D eigenvalue weighted by Gasteiger charge is -2.13. The Balaban J connectivity index is 2.09. The van der Waals surface area contributed by atoms with Crippen LogP contribution in [0.15, 0.2) is 41.3 Å². The number of nitrogens with zero attached hydrogens (tertiary/aromatic N) is 2. The molecule has 0 bridgehead atoms. The van der Waals surface area contributed by atoms with Crippen molar-refractivity contribution in [3.63, 3.8) is 0 Å². The highest BCUT2D eigenvalue weighted by Gasteiger charge is 2.17. The molecular weight excluding hydrogens is 373 g/mol. The Morgan fingerprint density at radius 1 is 1.23 bits per heavy atom. The van der Waals surface area contributed by atoms with Crippen molar-refractivity contribution in [1.29, 1.82) is 0 Å². The van der Waals surface area contributed by atoms with Gasteiger partial charge in [-0.3, -0.25) is 9.59 Å². The zero-order valence-electron chi connectivity index (χ0n) is 14.3. The Hall–Kier alpha value is -2.37. The number of hydrogen-bond acceptors (Lipinski definition) is 3. The summed E-state index contributed by atoms with van der Waals surface area (Å²) in [6, 6.07) is 8.21. The first-order chi connectivity index (χ1) is 12.4. The lowest BCUT2D eigenvalue weighted by atomic mass is 10.1. The standard InChI is InChI=1S/C19H17Cl2N3O2/c1-3-8-24-10-14(17(25)13-6-4-11(2)22-18(13)24)19(26)23-16-7-5-12(20)9-15(16)21/h4-7,9-10H,3,8H2,1-2H3,(H,23,26). The smallest absolute Gasteiger partial charge is 0.261 e. The van der Waals surface area contributed by atoms with Gasteiger partial charge in [0.05, 0.1) is 16.1 Å². The van der Waals surface area contributed by atoms with Gasteiger partial charge in [0, 0.05) is 23.5 Å². The van der Waals surface area contributed by atoms with Crippen LogP contribution in [0.2, 0.25) is 10.0 Å². The summed E-state index contributed by atoms with van der Waals surface area (Å²) in [4.78, 5) is 30.0. The number of carbonyl (C=O) groups is 1. The lowest BCUT2D eigenvalue weighted by molar-refractivity contribution is 0.102. The van der Waals surface area contributed by atoms with Crippen molar-refractivity contribution in [2.75, 3.05) is 5.32 Å². The number of amides is 1. The third-order valence-electron chi connectivity index (χ3n) is 3.95. The van der Waals surface area contributed by atoms with Crippen molar-refractivity contribution in [3.8, 4) is 0 Å². The van der Waals surface area contributed by atoms with Gasteiger partial charge in [-0.1, -0.05) is 30.1 Å². The number of pyridine rings is 2. The molecule has 0 fully saturated rings. The molecule has 0 atom stereocenters. The van der Waals surface area contributed by atoms with Crippen LogP contribution in [0, 0.1) is 6.92 Å². The molecular formula is C19H17Cl2N3O2. The Labute approximate surface area is 160 Å². The number of benzene rings is 1. The molecule has 0 saturated carbocycles. The normalized spacial score (nSPS) is 10.9. The van der Waals surface area contributed by atoms with Crippen molar-refractivity contribution < 1.29 is 4.79 Å². The van der Waals surface area contributed by atoms with Gasteiger partial charge in [0.2, 0.25) is 5.43 Å². The van der Waals surface area contributed by atoms with E-state index in [1.54, 1.807) is 30.5 Å². The summed E-state index contributed by atoms with van der Waals surface area (Å²) < 4.78 is 1.84. The number of rotatable bonds is 4. The van der Waals surface area contributed by atoms with Gasteiger partial charge < -0.3 is 9.88 Å². The maximum atomic E-state index is 12.8. The van der Waals surface area contributed by atoms with E-state index in [0.29, 0.717) is 33.3 Å². The molecule has 7 heteroatoms. The summed E-state index contributed by atoms with van der Waals surface area (Å²) in [5.41, 5.74) is 1.47. The number of hydrogen-bond donors (Lipinski definition) is 1. The van der Waals surface area contributed by atoms with Gasteiger partial charge in [-0.2, -0.15) is 0 Å². The fourth-order valence-corrected chi connectivity index (χ4v) is 3.17. The van der Waals surface area contributed by atoms with Crippen molar-refractivity contribution in [1.82, 2.24) is 9.55 Å². The molecule has 3 rings (SSSR count). The molecule has 5 nitrogen and oxygen atoms in total. The molecule has 0 spiro atoms. The van der Waals surface area contributed by atoms with E-state index >= 15 is 0 Å². The van der Waals surface area contributed by atoms with Crippen LogP contribution in [0.5, 0.6) is 0 Å². The molecule has 1 N–H and O–H groups in total. The second-order valence-corrected chi connectivity index (χ2v) is 6.81. The molecule has 0 unspecified atom stereocenters. The molecule has 0 aliphatic carbocycles. The number of aryl methyl sites for hydroxylation is 2. The summed E-state index contributed by atoms with van der Waals surface area (Å²) in [6.07, 6.45) is 2.40. The van der Waals surface area contributed by atoms with E-state index in [1.807, 2.05) is 18.4 Å². The Kier molecular flexibility index (Phi) is 5.30. The molecule has 0 aliphatic rings. The highest BCUT2D eigenvalue weighted by atomic mass is 35.5. The number of halogens is 2. The highest BCUT2D eigenvalue weighted by Crippen LogP contribution is 2.25. The van der Waals surface area contributed by atoms with Gasteiger partial charge in [-0.05, 0) is 43.7 Å². The van der Waals surface area contributed by atoms with Gasteiger partial charge >= 0.3 is 0 Å². The van der Waals surface area contributed by atoms with E-state index in [9.17, 15) is 9.59 Å². The van der Waals surface area contributed by atoms with Crippen molar-refractivity contribution in [3.05, 3.63) is 68.1 Å². The van der Waals surface area contributed by atoms with E-state index in [-0.39, 0.29) is 11.0 Å². The van der Waals surface area contributed by atoms with Gasteiger partial charge in [0.1, 0.15) is 11.2 Å². The van der Waals surface area contributed by atoms with Crippen LogP contribution in [0.3, 0.4) is 0 Å². The maximum absolute atomic E-state index is 12.8. The summed E-state index contributed by atoms with van der Waals surface area (Å²) >= 11 is 12.0. The van der Waals surface area contributed by atoms with Crippen LogP contribution in [0.25, 0.3) is 11.0 Å². The summed E-state index contributed by atoms with van der Waals surface area (Å²) in [6.45, 7) is 4.53. The third kappa shape index (κ3) is 3.59. The molecule has 0 saturated heterocycles. The maximum Gasteiger partial charge on any atom is 0.261 e. The van der Waals surface area contributed by atoms with Crippen LogP contribution in [-0.2, 0) is 6.54 Å². The topological polar surface area (TPSA) is 64.0 Å². The minimum Gasteiger partial charge on any atom is -0.331 e. The molecule has 2 aromatic heterocycles. The first kappa shape index (κ1) is 18.4. The number of fused-ring (bicyclic) bond motifs is 1. The quantitative estimate of drug-likeness (QED) is 0.704. The van der Waals surface area contributed by atoms with E-state index in [0.717, 1.165) is 12.1 Å². The van der Waals surface area contributed by atoms with E-state index < -0.39 is 5.91 Å². The second kappa shape index (κ2) is 7.48. The molecule has 0 aliphatic heterocycles. The molecule has 2 heterocycles. The van der Waals surface area contributed by atoms with Crippen LogP contribution in [0.1, 0.15) is 29.4 Å². The summed E-state index contributed by atoms with van der Waals surface area (Å²) in [5, 5.41) is 3.86. The first-order valence-corrected chi connectivity index (χ1v) is 8.93. The first-order valence-electron chi connectivity index (χ1n) is 8.18. The van der Waals surface area contributed by atoms with E-state index in [4.69, 9.17) is 23.2 Å². The van der Waals surface area contributed by atoms with Crippen LogP contribution < -0.4 is 10.7 Å². The lowest BCUT2D eigenvalue weighted by Crippen LogP contribution is -2.24. The zero-order valence-corrected chi connectivity index (χ0v) is 15.9. The minimum atomic E-state index is -0.522. The molecule has 1 amide bonds. The van der Waals surface area contributed by atoms with Crippen LogP contribution >= 0.6 is 23.2 Å². The molecule has 0 radical (unpaired) electrons. The predicted molar refractivity (Wildman–Crippen MR) is 105 cm³/mol. The predicted octanol–water partition coefficient (Wildman–Crippen LogP) is 4.67. The second-order valence-electron chi connectivity index (χ2n) is 5.97. The Morgan fingerprint density at radius 2 is 2.00 bits per heavy atom. The fourth-order valence-electron chi connectivity index (χ4n) is 2.71. The van der Waals surface area contributed by atoms with Crippen LogP contribution in [0.4, 0.5) is 5.69 Å². The molecule has 134 valence electrons. The SMILES string of the molecule is CCCn1cc(C(=O)Nc2ccc(Cl)cc2Cl)c(=O)c2ccc(C)nc21. The number of nitrogens with one attached hydrogen (secondary N) is 1. The minimum absolute atomic E-state index is 0.0441. The zero-order chi connectivity index (χ0) is 18.8. The van der Waals surface area contributed by atoms with Crippen LogP contribution in [-0.4, -0.2) is 15.5 Å². The van der Waals surface area contributed by atoms with Gasteiger partial charge in [-0.25, -0.2) is 4.98 Å². The summed E-state index contributed by atoms with van der Waals surface area (Å²) in [5.74, 6) is -0.522. The number of carbonyl (C=O) groups excluding carboxylic acids is 1. The average molecular weight is 390 g/mol. The van der Waals surface area contributed by atoms with Crippen molar-refractivity contribution >= 4 is 45.8 Å². The van der Waals surface area contributed by atoms with Gasteiger partial charge in [0.15, 0.2) is 0 Å². The molecule has 26 heavy (non-hydrogen) atoms. The fraction of sp³-hybridized carbons (Fsp3) is 0.211. The summed E-state index contributed by atoms with van der Waals surface area (Å²) in [7, 11) is 0. The van der Waals surface area contributed by atoms with Crippen molar-refractivity contribution in [2.24, 2.45) is 0 Å². The Bertz CT molecular complexity index is 1060. The van der Waals surface area contributed by atoms with Gasteiger partial charge in [-0.15, -0.1) is 0 Å². The number of anilines is 1. The van der Waals surface area contributed by atoms with E-state index in [1.165, 1.54) is 6.07 Å². The number of aromatic nitrogens is 2. The monoisotopic (exact) mass is 389 g/mol.